The summed E-state index contributed by atoms with van der Waals surface area (Å²) < 4.78 is 0. The largest absolute Gasteiger partial charge is 0.399 e. The van der Waals surface area contributed by atoms with Crippen LogP contribution in [-0.2, 0) is 4.84 Å². The van der Waals surface area contributed by atoms with E-state index in [9.17, 15) is 0 Å². The Labute approximate surface area is 90.6 Å². The molecule has 0 aliphatic rings. The first-order chi connectivity index (χ1) is 7.38. The average Bonchev–Trinajstić information content (AvgIpc) is 2.29. The molecule has 0 saturated carbocycles. The molecule has 1 rings (SSSR count). The van der Waals surface area contributed by atoms with Crippen LogP contribution < -0.4 is 0 Å². The second-order valence-electron chi connectivity index (χ2n) is 2.93. The van der Waals surface area contributed by atoms with Crippen LogP contribution >= 0.6 is 0 Å². The highest BCUT2D eigenvalue weighted by molar-refractivity contribution is 5.88. The molecule has 0 spiro atoms. The van der Waals surface area contributed by atoms with Crippen LogP contribution in [0.15, 0.2) is 53.7 Å². The number of nitrogens with zero attached hydrogens (tertiary/aromatic N) is 1. The summed E-state index contributed by atoms with van der Waals surface area (Å²) in [6.45, 7) is 1.99. The molecule has 0 unspecified atom stereocenters. The first kappa shape index (κ1) is 11.2. The predicted molar refractivity (Wildman–Crippen MR) is 64.7 cm³/mol. The smallest absolute Gasteiger partial charge is 0.106 e. The van der Waals surface area contributed by atoms with Gasteiger partial charge in [0.05, 0.1) is 6.21 Å². The fourth-order valence-corrected chi connectivity index (χ4v) is 1.23. The minimum atomic E-state index is 1.11. The summed E-state index contributed by atoms with van der Waals surface area (Å²) in [5.41, 5.74) is 2.28. The molecule has 15 heavy (non-hydrogen) atoms. The van der Waals surface area contributed by atoms with Crippen molar-refractivity contribution < 1.29 is 4.84 Å². The molecule has 0 aromatic heterocycles. The van der Waals surface area contributed by atoms with Crippen molar-refractivity contribution in [2.24, 2.45) is 5.16 Å². The molecule has 2 nitrogen and oxygen atoms in total. The monoisotopic (exact) mass is 201 g/mol. The Kier molecular flexibility index (Phi) is 4.95. The summed E-state index contributed by atoms with van der Waals surface area (Å²) in [4.78, 5) is 4.61. The zero-order valence-electron chi connectivity index (χ0n) is 9.05. The summed E-state index contributed by atoms with van der Waals surface area (Å²) in [6.07, 6.45) is 7.59. The fraction of sp³-hybridized carbons (Fsp3) is 0.154. The number of hydrogen-bond acceptors (Lipinski definition) is 2. The van der Waals surface area contributed by atoms with Crippen LogP contribution in [0.4, 0.5) is 0 Å². The molecule has 0 fully saturated rings. The molecule has 2 heteroatoms. The van der Waals surface area contributed by atoms with Crippen molar-refractivity contribution in [2.45, 2.75) is 6.92 Å². The lowest BCUT2D eigenvalue weighted by molar-refractivity contribution is 0.215. The normalized spacial score (nSPS) is 12.5. The van der Waals surface area contributed by atoms with Gasteiger partial charge in [-0.15, -0.1) is 0 Å². The van der Waals surface area contributed by atoms with Crippen LogP contribution in [0.5, 0.6) is 0 Å². The number of allylic oxidation sites excluding steroid dienone is 4. The van der Waals surface area contributed by atoms with Crippen LogP contribution in [0.3, 0.4) is 0 Å². The maximum atomic E-state index is 4.61. The van der Waals surface area contributed by atoms with Crippen molar-refractivity contribution in [3.8, 4) is 0 Å². The van der Waals surface area contributed by atoms with Gasteiger partial charge in [0.15, 0.2) is 0 Å². The fourth-order valence-electron chi connectivity index (χ4n) is 1.23. The van der Waals surface area contributed by atoms with E-state index in [0.29, 0.717) is 0 Å². The average molecular weight is 201 g/mol. The van der Waals surface area contributed by atoms with Crippen molar-refractivity contribution in [2.75, 3.05) is 7.11 Å². The molecular formula is C13H15NO. The van der Waals surface area contributed by atoms with E-state index < -0.39 is 0 Å². The van der Waals surface area contributed by atoms with Gasteiger partial charge in [-0.3, -0.25) is 0 Å². The summed E-state index contributed by atoms with van der Waals surface area (Å²) in [5.74, 6) is 0. The van der Waals surface area contributed by atoms with Crippen LogP contribution in [0.2, 0.25) is 0 Å². The van der Waals surface area contributed by atoms with E-state index in [-0.39, 0.29) is 0 Å². The summed E-state index contributed by atoms with van der Waals surface area (Å²) in [5, 5.41) is 3.68. The van der Waals surface area contributed by atoms with Crippen LogP contribution in [0.1, 0.15) is 12.5 Å². The minimum absolute atomic E-state index is 1.11. The first-order valence-corrected chi connectivity index (χ1v) is 4.83. The maximum absolute atomic E-state index is 4.61. The zero-order chi connectivity index (χ0) is 10.9. The van der Waals surface area contributed by atoms with Crippen LogP contribution in [-0.4, -0.2) is 13.3 Å². The SMILES string of the molecule is C\C=C/C(=C\C=N\OC)c1ccccc1. The topological polar surface area (TPSA) is 21.6 Å². The Bertz CT molecular complexity index is 363. The van der Waals surface area contributed by atoms with Gasteiger partial charge in [0, 0.05) is 0 Å². The van der Waals surface area contributed by atoms with Crippen molar-refractivity contribution >= 4 is 11.8 Å². The molecule has 0 aliphatic heterocycles. The third-order valence-corrected chi connectivity index (χ3v) is 1.87. The van der Waals surface area contributed by atoms with Gasteiger partial charge in [0.1, 0.15) is 7.11 Å². The minimum Gasteiger partial charge on any atom is -0.399 e. The Morgan fingerprint density at radius 2 is 2.00 bits per heavy atom. The predicted octanol–water partition coefficient (Wildman–Crippen LogP) is 3.28. The van der Waals surface area contributed by atoms with Crippen molar-refractivity contribution in [1.29, 1.82) is 0 Å². The van der Waals surface area contributed by atoms with Gasteiger partial charge in [0.2, 0.25) is 0 Å². The van der Waals surface area contributed by atoms with E-state index in [1.165, 1.54) is 7.11 Å². The highest BCUT2D eigenvalue weighted by atomic mass is 16.6. The van der Waals surface area contributed by atoms with E-state index >= 15 is 0 Å². The van der Waals surface area contributed by atoms with Gasteiger partial charge in [-0.2, -0.15) is 0 Å². The molecule has 0 bridgehead atoms. The van der Waals surface area contributed by atoms with E-state index in [4.69, 9.17) is 0 Å². The van der Waals surface area contributed by atoms with Gasteiger partial charge in [0.25, 0.3) is 0 Å². The third-order valence-electron chi connectivity index (χ3n) is 1.87. The van der Waals surface area contributed by atoms with Gasteiger partial charge in [-0.1, -0.05) is 47.6 Å². The number of oxime groups is 1. The van der Waals surface area contributed by atoms with Gasteiger partial charge >= 0.3 is 0 Å². The molecule has 0 aliphatic carbocycles. The van der Waals surface area contributed by atoms with E-state index in [0.717, 1.165) is 11.1 Å². The highest BCUT2D eigenvalue weighted by Gasteiger charge is 1.94. The Balaban J connectivity index is 2.93. The molecule has 0 heterocycles. The summed E-state index contributed by atoms with van der Waals surface area (Å²) in [6, 6.07) is 10.2. The lowest BCUT2D eigenvalue weighted by Gasteiger charge is -2.00. The standard InChI is InChI=1S/C13H15NO/c1-3-7-12(10-11-14-15-2)13-8-5-4-6-9-13/h3-11H,1-2H3/b7-3-,12-10+,14-11+. The lowest BCUT2D eigenvalue weighted by atomic mass is 10.1. The van der Waals surface area contributed by atoms with Gasteiger partial charge in [-0.25, -0.2) is 0 Å². The van der Waals surface area contributed by atoms with Crippen LogP contribution in [0.25, 0.3) is 5.57 Å². The number of hydrogen-bond donors (Lipinski definition) is 0. The highest BCUT2D eigenvalue weighted by Crippen LogP contribution is 2.14. The molecule has 0 radical (unpaired) electrons. The Morgan fingerprint density at radius 1 is 1.27 bits per heavy atom. The second-order valence-corrected chi connectivity index (χ2v) is 2.93. The molecule has 0 saturated heterocycles. The number of rotatable bonds is 4. The molecule has 1 aromatic carbocycles. The molecule has 1 aromatic rings. The lowest BCUT2D eigenvalue weighted by Crippen LogP contribution is -1.81. The second kappa shape index (κ2) is 6.60. The number of benzene rings is 1. The van der Waals surface area contributed by atoms with Gasteiger partial charge < -0.3 is 4.84 Å². The first-order valence-electron chi connectivity index (χ1n) is 4.83. The summed E-state index contributed by atoms with van der Waals surface area (Å²) >= 11 is 0. The van der Waals surface area contributed by atoms with Crippen LogP contribution in [0, 0.1) is 0 Å². The van der Waals surface area contributed by atoms with E-state index in [1.54, 1.807) is 6.21 Å². The van der Waals surface area contributed by atoms with Crippen molar-refractivity contribution in [1.82, 2.24) is 0 Å². The zero-order valence-corrected chi connectivity index (χ0v) is 9.05. The molecule has 0 N–H and O–H groups in total. The maximum Gasteiger partial charge on any atom is 0.106 e. The van der Waals surface area contributed by atoms with E-state index in [2.05, 4.69) is 22.1 Å². The van der Waals surface area contributed by atoms with E-state index in [1.807, 2.05) is 43.4 Å². The van der Waals surface area contributed by atoms with Gasteiger partial charge in [-0.05, 0) is 24.1 Å². The molecular weight excluding hydrogens is 186 g/mol. The molecule has 0 atom stereocenters. The Morgan fingerprint density at radius 3 is 2.60 bits per heavy atom. The Hall–Kier alpha value is -1.83. The summed E-state index contributed by atoms with van der Waals surface area (Å²) in [7, 11) is 1.53. The van der Waals surface area contributed by atoms with Crippen molar-refractivity contribution in [3.63, 3.8) is 0 Å². The molecule has 78 valence electrons. The third kappa shape index (κ3) is 3.81. The van der Waals surface area contributed by atoms with Crippen molar-refractivity contribution in [3.05, 3.63) is 54.1 Å². The molecule has 0 amide bonds. The quantitative estimate of drug-likeness (QED) is 0.416.